The third kappa shape index (κ3) is 2.41. The van der Waals surface area contributed by atoms with Crippen molar-refractivity contribution in [1.29, 1.82) is 0 Å². The Kier molecular flexibility index (Phi) is 3.01. The smallest absolute Gasteiger partial charge is 0.355 e. The van der Waals surface area contributed by atoms with E-state index in [2.05, 4.69) is 4.99 Å². The van der Waals surface area contributed by atoms with Crippen LogP contribution in [0.4, 0.5) is 0 Å². The molecule has 0 aromatic carbocycles. The van der Waals surface area contributed by atoms with Crippen LogP contribution in [-0.4, -0.2) is 17.2 Å². The fourth-order valence-corrected chi connectivity index (χ4v) is 0.285. The number of nitrogens with zero attached hydrogens (tertiary/aromatic N) is 1. The average Bonchev–Trinajstić information content (AvgIpc) is 1.82. The largest absolute Gasteiger partial charge is 0.476 e. The van der Waals surface area contributed by atoms with E-state index >= 15 is 0 Å². The summed E-state index contributed by atoms with van der Waals surface area (Å²) in [6, 6.07) is 0. The molecule has 0 saturated heterocycles. The molecule has 0 amide bonds. The summed E-state index contributed by atoms with van der Waals surface area (Å²) in [5.41, 5.74) is -0.287. The number of hydrogen-bond donors (Lipinski definition) is 1. The van der Waals surface area contributed by atoms with Gasteiger partial charge in [-0.2, -0.15) is 4.99 Å². The maximum absolute atomic E-state index is 9.98. The Labute approximate surface area is 51.5 Å². The molecule has 0 heterocycles. The van der Waals surface area contributed by atoms with Crippen LogP contribution < -0.4 is 0 Å². The molecule has 1 N–H and O–H groups in total. The number of allylic oxidation sites excluding steroid dienone is 1. The quantitative estimate of drug-likeness (QED) is 0.330. The van der Waals surface area contributed by atoms with E-state index in [1.165, 1.54) is 13.0 Å². The predicted molar refractivity (Wildman–Crippen MR) is 29.5 cm³/mol. The summed E-state index contributed by atoms with van der Waals surface area (Å²) in [4.78, 5) is 22.4. The van der Waals surface area contributed by atoms with E-state index in [1.807, 2.05) is 0 Å². The average molecular weight is 127 g/mol. The van der Waals surface area contributed by atoms with Gasteiger partial charge < -0.3 is 5.11 Å². The molecule has 0 aliphatic carbocycles. The second kappa shape index (κ2) is 3.57. The lowest BCUT2D eigenvalue weighted by molar-refractivity contribution is -0.132. The van der Waals surface area contributed by atoms with Crippen molar-refractivity contribution in [3.8, 4) is 0 Å². The fraction of sp³-hybridized carbons (Fsp3) is 0.200. The van der Waals surface area contributed by atoms with Crippen molar-refractivity contribution in [3.05, 3.63) is 11.8 Å². The third-order valence-corrected chi connectivity index (χ3v) is 0.659. The molecule has 0 aromatic rings. The Bertz CT molecular complexity index is 184. The lowest BCUT2D eigenvalue weighted by Crippen LogP contribution is -1.96. The molecule has 0 aliphatic heterocycles. The number of carboxylic acids is 1. The first-order valence-corrected chi connectivity index (χ1v) is 2.20. The van der Waals surface area contributed by atoms with Gasteiger partial charge in [-0.15, -0.1) is 0 Å². The first-order chi connectivity index (χ1) is 4.22. The summed E-state index contributed by atoms with van der Waals surface area (Å²) in [6.45, 7) is 1.48. The molecule has 4 heteroatoms. The zero-order valence-electron chi connectivity index (χ0n) is 4.79. The van der Waals surface area contributed by atoms with E-state index in [9.17, 15) is 9.59 Å². The summed E-state index contributed by atoms with van der Waals surface area (Å²) >= 11 is 0. The summed E-state index contributed by atoms with van der Waals surface area (Å²) in [5, 5.41) is 8.16. The highest BCUT2D eigenvalue weighted by Gasteiger charge is 2.00. The Morgan fingerprint density at radius 2 is 2.33 bits per heavy atom. The van der Waals surface area contributed by atoms with Crippen molar-refractivity contribution in [2.45, 2.75) is 6.92 Å². The second-order valence-corrected chi connectivity index (χ2v) is 1.18. The molecular formula is C5H5NO3. The minimum Gasteiger partial charge on any atom is -0.476 e. The molecule has 0 unspecified atom stereocenters. The molecule has 0 fully saturated rings. The zero-order chi connectivity index (χ0) is 7.28. The van der Waals surface area contributed by atoms with E-state index in [4.69, 9.17) is 5.11 Å². The minimum absolute atomic E-state index is 0.287. The third-order valence-electron chi connectivity index (χ3n) is 0.659. The van der Waals surface area contributed by atoms with E-state index < -0.39 is 5.97 Å². The lowest BCUT2D eigenvalue weighted by atomic mass is 10.4. The number of aliphatic carboxylic acids is 1. The van der Waals surface area contributed by atoms with Gasteiger partial charge in [-0.05, 0) is 6.92 Å². The van der Waals surface area contributed by atoms with E-state index in [0.717, 1.165) is 6.08 Å². The normalized spacial score (nSPS) is 10.1. The minimum atomic E-state index is -1.22. The summed E-state index contributed by atoms with van der Waals surface area (Å²) < 4.78 is 0. The molecule has 0 spiro atoms. The molecule has 9 heavy (non-hydrogen) atoms. The number of hydrogen-bond acceptors (Lipinski definition) is 3. The van der Waals surface area contributed by atoms with Crippen LogP contribution in [0.1, 0.15) is 6.92 Å². The van der Waals surface area contributed by atoms with Crippen molar-refractivity contribution in [2.75, 3.05) is 0 Å². The topological polar surface area (TPSA) is 66.7 Å². The molecule has 0 rings (SSSR count). The van der Waals surface area contributed by atoms with Gasteiger partial charge in [0.05, 0.1) is 0 Å². The predicted octanol–water partition coefficient (Wildman–Crippen LogP) is 0.311. The molecule has 0 radical (unpaired) electrons. The van der Waals surface area contributed by atoms with Crippen molar-refractivity contribution < 1.29 is 14.7 Å². The number of carbonyl (C=O) groups is 1. The first kappa shape index (κ1) is 7.59. The van der Waals surface area contributed by atoms with Gasteiger partial charge in [0.15, 0.2) is 5.70 Å². The molecular weight excluding hydrogens is 122 g/mol. The lowest BCUT2D eigenvalue weighted by Gasteiger charge is -1.84. The van der Waals surface area contributed by atoms with Gasteiger partial charge in [-0.25, -0.2) is 9.59 Å². The van der Waals surface area contributed by atoms with Crippen LogP contribution in [0.2, 0.25) is 0 Å². The molecule has 0 atom stereocenters. The van der Waals surface area contributed by atoms with Crippen LogP contribution in [0.15, 0.2) is 16.8 Å². The number of rotatable bonds is 2. The summed E-state index contributed by atoms with van der Waals surface area (Å²) in [5.74, 6) is -1.22. The van der Waals surface area contributed by atoms with Crippen molar-refractivity contribution in [2.24, 2.45) is 4.99 Å². The Balaban J connectivity index is 4.37. The first-order valence-electron chi connectivity index (χ1n) is 2.20. The summed E-state index contributed by atoms with van der Waals surface area (Å²) in [7, 11) is 0. The monoisotopic (exact) mass is 127 g/mol. The fourth-order valence-electron chi connectivity index (χ4n) is 0.285. The van der Waals surface area contributed by atoms with E-state index in [0.29, 0.717) is 0 Å². The number of carboxylic acid groups (broad SMARTS) is 1. The van der Waals surface area contributed by atoms with Crippen molar-refractivity contribution in [3.63, 3.8) is 0 Å². The Morgan fingerprint density at radius 3 is 2.44 bits per heavy atom. The number of isocyanates is 1. The molecule has 4 nitrogen and oxygen atoms in total. The van der Waals surface area contributed by atoms with Crippen LogP contribution in [-0.2, 0) is 9.59 Å². The van der Waals surface area contributed by atoms with Crippen molar-refractivity contribution >= 4 is 12.0 Å². The van der Waals surface area contributed by atoms with Gasteiger partial charge in [-0.1, -0.05) is 6.08 Å². The van der Waals surface area contributed by atoms with Crippen LogP contribution in [0, 0.1) is 0 Å². The second-order valence-electron chi connectivity index (χ2n) is 1.18. The van der Waals surface area contributed by atoms with Gasteiger partial charge >= 0.3 is 5.97 Å². The van der Waals surface area contributed by atoms with Gasteiger partial charge in [0.1, 0.15) is 0 Å². The standard InChI is InChI=1S/C5H5NO3/c1-2-4(5(8)9)6-3-7/h2H,1H3,(H,8,9). The Hall–Kier alpha value is -1.41. The van der Waals surface area contributed by atoms with Crippen LogP contribution >= 0.6 is 0 Å². The SMILES string of the molecule is CC=C(N=C=O)C(=O)O. The van der Waals surface area contributed by atoms with Crippen LogP contribution in [0.3, 0.4) is 0 Å². The van der Waals surface area contributed by atoms with Crippen LogP contribution in [0.25, 0.3) is 0 Å². The highest BCUT2D eigenvalue weighted by Crippen LogP contribution is 1.92. The van der Waals surface area contributed by atoms with Gasteiger partial charge in [0, 0.05) is 0 Å². The van der Waals surface area contributed by atoms with Gasteiger partial charge in [0.2, 0.25) is 6.08 Å². The number of aliphatic imine (C=N–C) groups is 1. The van der Waals surface area contributed by atoms with Gasteiger partial charge in [-0.3, -0.25) is 0 Å². The maximum atomic E-state index is 9.98. The highest BCUT2D eigenvalue weighted by atomic mass is 16.4. The van der Waals surface area contributed by atoms with E-state index in [1.54, 1.807) is 0 Å². The van der Waals surface area contributed by atoms with E-state index in [-0.39, 0.29) is 5.70 Å². The molecule has 48 valence electrons. The highest BCUT2D eigenvalue weighted by molar-refractivity contribution is 5.87. The zero-order valence-corrected chi connectivity index (χ0v) is 4.79. The van der Waals surface area contributed by atoms with Crippen molar-refractivity contribution in [1.82, 2.24) is 0 Å². The Morgan fingerprint density at radius 1 is 1.78 bits per heavy atom. The summed E-state index contributed by atoms with van der Waals surface area (Å²) in [6.07, 6.45) is 2.34. The molecule has 0 bridgehead atoms. The van der Waals surface area contributed by atoms with Crippen LogP contribution in [0.5, 0.6) is 0 Å². The molecule has 0 aromatic heterocycles. The molecule has 0 aliphatic rings. The van der Waals surface area contributed by atoms with Gasteiger partial charge in [0.25, 0.3) is 0 Å². The molecule has 0 saturated carbocycles. The maximum Gasteiger partial charge on any atom is 0.355 e. The number of carbonyl (C=O) groups excluding carboxylic acids is 1.